The Labute approximate surface area is 143 Å². The van der Waals surface area contributed by atoms with Crippen LogP contribution in [0, 0.1) is 0 Å². The van der Waals surface area contributed by atoms with Crippen LogP contribution in [0.25, 0.3) is 0 Å². The van der Waals surface area contributed by atoms with Crippen molar-refractivity contribution in [1.29, 1.82) is 0 Å². The van der Waals surface area contributed by atoms with Crippen molar-refractivity contribution in [3.8, 4) is 5.75 Å². The summed E-state index contributed by atoms with van der Waals surface area (Å²) in [5.41, 5.74) is 6.16. The van der Waals surface area contributed by atoms with Crippen molar-refractivity contribution in [1.82, 2.24) is 4.90 Å². The van der Waals surface area contributed by atoms with Crippen molar-refractivity contribution in [3.05, 3.63) is 29.8 Å². The fourth-order valence-corrected chi connectivity index (χ4v) is 2.68. The molecule has 1 fully saturated rings. The highest BCUT2D eigenvalue weighted by Gasteiger charge is 2.23. The standard InChI is InChI=1S/C18H28N2O4/c1-22-13-14-24-16-5-3-15(4-6-16)18(21)20-10-7-17(8-11-20)23-12-2-9-19/h3-6,17H,2,7-14,19H2,1H3. The number of likely N-dealkylation sites (tertiary alicyclic amines) is 1. The molecule has 1 aromatic carbocycles. The maximum atomic E-state index is 12.5. The molecular formula is C18H28N2O4. The van der Waals surface area contributed by atoms with Crippen molar-refractivity contribution in [2.24, 2.45) is 5.73 Å². The fraction of sp³-hybridized carbons (Fsp3) is 0.611. The van der Waals surface area contributed by atoms with Crippen molar-refractivity contribution >= 4 is 5.91 Å². The Morgan fingerprint density at radius 2 is 1.88 bits per heavy atom. The van der Waals surface area contributed by atoms with Crippen LogP contribution in [0.3, 0.4) is 0 Å². The maximum Gasteiger partial charge on any atom is 0.253 e. The number of hydrogen-bond acceptors (Lipinski definition) is 5. The van der Waals surface area contributed by atoms with E-state index in [4.69, 9.17) is 19.9 Å². The molecule has 0 unspecified atom stereocenters. The fourth-order valence-electron chi connectivity index (χ4n) is 2.68. The Hall–Kier alpha value is -1.63. The van der Waals surface area contributed by atoms with Crippen LogP contribution in [0.1, 0.15) is 29.6 Å². The summed E-state index contributed by atoms with van der Waals surface area (Å²) in [6.07, 6.45) is 2.90. The molecule has 0 aliphatic carbocycles. The first-order valence-electron chi connectivity index (χ1n) is 8.57. The topological polar surface area (TPSA) is 74.0 Å². The van der Waals surface area contributed by atoms with Gasteiger partial charge >= 0.3 is 0 Å². The minimum atomic E-state index is 0.0684. The quantitative estimate of drug-likeness (QED) is 0.695. The predicted octanol–water partition coefficient (Wildman–Crippen LogP) is 1.68. The zero-order valence-electron chi connectivity index (χ0n) is 14.4. The number of hydrogen-bond donors (Lipinski definition) is 1. The molecule has 0 spiro atoms. The lowest BCUT2D eigenvalue weighted by Crippen LogP contribution is -2.41. The number of piperidine rings is 1. The molecule has 24 heavy (non-hydrogen) atoms. The lowest BCUT2D eigenvalue weighted by atomic mass is 10.1. The molecule has 134 valence electrons. The maximum absolute atomic E-state index is 12.5. The van der Waals surface area contributed by atoms with Gasteiger partial charge in [0.15, 0.2) is 0 Å². The first-order chi connectivity index (χ1) is 11.7. The number of nitrogens with two attached hydrogens (primary N) is 1. The van der Waals surface area contributed by atoms with Crippen LogP contribution in [-0.4, -0.2) is 63.5 Å². The Balaban J connectivity index is 1.78. The van der Waals surface area contributed by atoms with Crippen LogP contribution in [0.15, 0.2) is 24.3 Å². The van der Waals surface area contributed by atoms with E-state index in [-0.39, 0.29) is 12.0 Å². The van der Waals surface area contributed by atoms with Crippen molar-refractivity contribution in [3.63, 3.8) is 0 Å². The molecule has 2 rings (SSSR count). The van der Waals surface area contributed by atoms with Gasteiger partial charge in [0.05, 0.1) is 12.7 Å². The van der Waals surface area contributed by atoms with E-state index in [1.165, 1.54) is 0 Å². The second-order valence-electron chi connectivity index (χ2n) is 5.87. The van der Waals surface area contributed by atoms with Gasteiger partial charge in [-0.05, 0) is 50.1 Å². The van der Waals surface area contributed by atoms with Gasteiger partial charge in [0, 0.05) is 32.4 Å². The second kappa shape index (κ2) is 10.3. The van der Waals surface area contributed by atoms with E-state index >= 15 is 0 Å². The average Bonchev–Trinajstić information content (AvgIpc) is 2.63. The van der Waals surface area contributed by atoms with Gasteiger partial charge in [0.25, 0.3) is 5.91 Å². The number of carbonyl (C=O) groups is 1. The molecule has 6 nitrogen and oxygen atoms in total. The molecule has 1 saturated heterocycles. The smallest absolute Gasteiger partial charge is 0.253 e. The van der Waals surface area contributed by atoms with Crippen LogP contribution in [0.2, 0.25) is 0 Å². The van der Waals surface area contributed by atoms with E-state index in [0.29, 0.717) is 31.9 Å². The highest BCUT2D eigenvalue weighted by atomic mass is 16.5. The summed E-state index contributed by atoms with van der Waals surface area (Å²) in [7, 11) is 1.64. The average molecular weight is 336 g/mol. The summed E-state index contributed by atoms with van der Waals surface area (Å²) in [6.45, 7) is 3.88. The molecule has 1 aliphatic heterocycles. The number of nitrogens with zero attached hydrogens (tertiary/aromatic N) is 1. The molecule has 0 bridgehead atoms. The van der Waals surface area contributed by atoms with Gasteiger partial charge in [-0.1, -0.05) is 0 Å². The summed E-state index contributed by atoms with van der Waals surface area (Å²) in [6, 6.07) is 7.28. The zero-order chi connectivity index (χ0) is 17.2. The summed E-state index contributed by atoms with van der Waals surface area (Å²) < 4.78 is 16.2. The van der Waals surface area contributed by atoms with E-state index in [0.717, 1.165) is 38.1 Å². The molecule has 1 aliphatic rings. The van der Waals surface area contributed by atoms with Gasteiger partial charge < -0.3 is 24.8 Å². The molecular weight excluding hydrogens is 308 g/mol. The van der Waals surface area contributed by atoms with Crippen LogP contribution >= 0.6 is 0 Å². The Morgan fingerprint density at radius 3 is 2.50 bits per heavy atom. The van der Waals surface area contributed by atoms with Gasteiger partial charge in [-0.25, -0.2) is 0 Å². The molecule has 0 aromatic heterocycles. The van der Waals surface area contributed by atoms with E-state index in [9.17, 15) is 4.79 Å². The van der Waals surface area contributed by atoms with Crippen molar-refractivity contribution in [2.45, 2.75) is 25.4 Å². The highest BCUT2D eigenvalue weighted by Crippen LogP contribution is 2.18. The number of benzene rings is 1. The number of rotatable bonds is 9. The number of carbonyl (C=O) groups excluding carboxylic acids is 1. The molecule has 0 atom stereocenters. The molecule has 2 N–H and O–H groups in total. The molecule has 1 aromatic rings. The Kier molecular flexibility index (Phi) is 8.01. The van der Waals surface area contributed by atoms with E-state index in [2.05, 4.69) is 0 Å². The number of amides is 1. The minimum absolute atomic E-state index is 0.0684. The predicted molar refractivity (Wildman–Crippen MR) is 92.4 cm³/mol. The zero-order valence-corrected chi connectivity index (χ0v) is 14.4. The van der Waals surface area contributed by atoms with Crippen LogP contribution in [-0.2, 0) is 9.47 Å². The van der Waals surface area contributed by atoms with Gasteiger partial charge in [0.2, 0.25) is 0 Å². The third-order valence-electron chi connectivity index (χ3n) is 4.09. The molecule has 6 heteroatoms. The molecule has 1 heterocycles. The van der Waals surface area contributed by atoms with Gasteiger partial charge in [0.1, 0.15) is 12.4 Å². The summed E-state index contributed by atoms with van der Waals surface area (Å²) in [4.78, 5) is 14.4. The third kappa shape index (κ3) is 5.78. The summed E-state index contributed by atoms with van der Waals surface area (Å²) in [5.74, 6) is 0.814. The largest absolute Gasteiger partial charge is 0.491 e. The normalized spacial score (nSPS) is 15.5. The van der Waals surface area contributed by atoms with Gasteiger partial charge in [-0.3, -0.25) is 4.79 Å². The number of ether oxygens (including phenoxy) is 3. The van der Waals surface area contributed by atoms with Crippen molar-refractivity contribution in [2.75, 3.05) is 46.6 Å². The van der Waals surface area contributed by atoms with E-state index in [1.807, 2.05) is 29.2 Å². The van der Waals surface area contributed by atoms with Crippen LogP contribution < -0.4 is 10.5 Å². The van der Waals surface area contributed by atoms with E-state index in [1.54, 1.807) is 7.11 Å². The van der Waals surface area contributed by atoms with Crippen LogP contribution in [0.5, 0.6) is 5.75 Å². The van der Waals surface area contributed by atoms with Gasteiger partial charge in [-0.15, -0.1) is 0 Å². The highest BCUT2D eigenvalue weighted by molar-refractivity contribution is 5.94. The third-order valence-corrected chi connectivity index (χ3v) is 4.09. The Morgan fingerprint density at radius 1 is 1.17 bits per heavy atom. The SMILES string of the molecule is COCCOc1ccc(C(=O)N2CCC(OCCCN)CC2)cc1. The molecule has 0 radical (unpaired) electrons. The lowest BCUT2D eigenvalue weighted by Gasteiger charge is -2.32. The minimum Gasteiger partial charge on any atom is -0.491 e. The Bertz CT molecular complexity index is 484. The monoisotopic (exact) mass is 336 g/mol. The van der Waals surface area contributed by atoms with E-state index < -0.39 is 0 Å². The summed E-state index contributed by atoms with van der Waals surface area (Å²) in [5, 5.41) is 0. The lowest BCUT2D eigenvalue weighted by molar-refractivity contribution is 0.00844. The number of methoxy groups -OCH3 is 1. The second-order valence-corrected chi connectivity index (χ2v) is 5.87. The first-order valence-corrected chi connectivity index (χ1v) is 8.57. The molecule has 0 saturated carbocycles. The molecule has 1 amide bonds. The van der Waals surface area contributed by atoms with Gasteiger partial charge in [-0.2, -0.15) is 0 Å². The van der Waals surface area contributed by atoms with Crippen LogP contribution in [0.4, 0.5) is 0 Å². The first kappa shape index (κ1) is 18.7. The van der Waals surface area contributed by atoms with Crippen molar-refractivity contribution < 1.29 is 19.0 Å². The summed E-state index contributed by atoms with van der Waals surface area (Å²) >= 11 is 0.